The lowest BCUT2D eigenvalue weighted by Gasteiger charge is -2.05. The van der Waals surface area contributed by atoms with E-state index in [0.717, 1.165) is 17.0 Å². The van der Waals surface area contributed by atoms with Crippen LogP contribution in [0.1, 0.15) is 15.9 Å². The van der Waals surface area contributed by atoms with Crippen LogP contribution in [0.15, 0.2) is 67.0 Å². The zero-order chi connectivity index (χ0) is 16.1. The van der Waals surface area contributed by atoms with E-state index in [9.17, 15) is 4.79 Å². The van der Waals surface area contributed by atoms with Gasteiger partial charge in [-0.2, -0.15) is 5.10 Å². The Labute approximate surface area is 134 Å². The van der Waals surface area contributed by atoms with E-state index in [1.807, 2.05) is 36.5 Å². The number of hydrogen-bond donors (Lipinski definition) is 1. The zero-order valence-electron chi connectivity index (χ0n) is 12.8. The molecular weight excluding hydrogens is 290 g/mol. The molecule has 0 radical (unpaired) electrons. The summed E-state index contributed by atoms with van der Waals surface area (Å²) in [6, 6.07) is 16.8. The summed E-state index contributed by atoms with van der Waals surface area (Å²) in [5.41, 5.74) is 2.53. The highest BCUT2D eigenvalue weighted by molar-refractivity contribution is 5.94. The summed E-state index contributed by atoms with van der Waals surface area (Å²) in [6.45, 7) is 0.428. The average Bonchev–Trinajstić information content (AvgIpc) is 3.09. The number of nitrogens with zero attached hydrogens (tertiary/aromatic N) is 2. The summed E-state index contributed by atoms with van der Waals surface area (Å²) < 4.78 is 6.87. The SMILES string of the molecule is COc1ccc(C(=O)NCc2cnn(-c3ccccc3)c2)cc1. The predicted octanol–water partition coefficient (Wildman–Crippen LogP) is 2.81. The molecule has 0 atom stereocenters. The van der Waals surface area contributed by atoms with Crippen LogP contribution in [0, 0.1) is 0 Å². The Morgan fingerprint density at radius 2 is 1.87 bits per heavy atom. The van der Waals surface area contributed by atoms with Crippen molar-refractivity contribution < 1.29 is 9.53 Å². The van der Waals surface area contributed by atoms with Gasteiger partial charge in [0.2, 0.25) is 0 Å². The van der Waals surface area contributed by atoms with Crippen LogP contribution in [-0.2, 0) is 6.54 Å². The first-order valence-corrected chi connectivity index (χ1v) is 7.27. The van der Waals surface area contributed by atoms with Gasteiger partial charge >= 0.3 is 0 Å². The zero-order valence-corrected chi connectivity index (χ0v) is 12.8. The van der Waals surface area contributed by atoms with Crippen molar-refractivity contribution in [1.29, 1.82) is 0 Å². The van der Waals surface area contributed by atoms with Crippen molar-refractivity contribution in [2.75, 3.05) is 7.11 Å². The largest absolute Gasteiger partial charge is 0.497 e. The second-order valence-electron chi connectivity index (χ2n) is 5.04. The molecule has 116 valence electrons. The maximum Gasteiger partial charge on any atom is 0.251 e. The number of carbonyl (C=O) groups is 1. The maximum atomic E-state index is 12.1. The lowest BCUT2D eigenvalue weighted by atomic mass is 10.2. The molecular formula is C18H17N3O2. The first kappa shape index (κ1) is 14.8. The van der Waals surface area contributed by atoms with E-state index in [1.165, 1.54) is 0 Å². The van der Waals surface area contributed by atoms with Gasteiger partial charge < -0.3 is 10.1 Å². The fourth-order valence-electron chi connectivity index (χ4n) is 2.20. The van der Waals surface area contributed by atoms with Gasteiger partial charge in [-0.1, -0.05) is 18.2 Å². The van der Waals surface area contributed by atoms with Crippen LogP contribution in [0.5, 0.6) is 5.75 Å². The molecule has 3 rings (SSSR count). The molecule has 1 heterocycles. The summed E-state index contributed by atoms with van der Waals surface area (Å²) in [4.78, 5) is 12.1. The molecule has 5 nitrogen and oxygen atoms in total. The van der Waals surface area contributed by atoms with Gasteiger partial charge in [-0.3, -0.25) is 4.79 Å². The Balaban J connectivity index is 1.62. The molecule has 0 aliphatic heterocycles. The van der Waals surface area contributed by atoms with E-state index in [2.05, 4.69) is 10.4 Å². The van der Waals surface area contributed by atoms with Gasteiger partial charge in [-0.15, -0.1) is 0 Å². The monoisotopic (exact) mass is 307 g/mol. The predicted molar refractivity (Wildman–Crippen MR) is 87.7 cm³/mol. The number of nitrogens with one attached hydrogen (secondary N) is 1. The number of aromatic nitrogens is 2. The summed E-state index contributed by atoms with van der Waals surface area (Å²) in [5.74, 6) is 0.603. The molecule has 3 aromatic rings. The number of amides is 1. The van der Waals surface area contributed by atoms with Gasteiger partial charge in [-0.25, -0.2) is 4.68 Å². The van der Waals surface area contributed by atoms with E-state index in [-0.39, 0.29) is 5.91 Å². The summed E-state index contributed by atoms with van der Waals surface area (Å²) >= 11 is 0. The third-order valence-corrected chi connectivity index (χ3v) is 3.46. The molecule has 1 aromatic heterocycles. The van der Waals surface area contributed by atoms with Crippen molar-refractivity contribution in [1.82, 2.24) is 15.1 Å². The number of ether oxygens (including phenoxy) is 1. The molecule has 0 aliphatic carbocycles. The second-order valence-corrected chi connectivity index (χ2v) is 5.04. The summed E-state index contributed by atoms with van der Waals surface area (Å²) in [5, 5.41) is 7.19. The molecule has 23 heavy (non-hydrogen) atoms. The molecule has 0 spiro atoms. The van der Waals surface area contributed by atoms with Crippen molar-refractivity contribution in [3.63, 3.8) is 0 Å². The van der Waals surface area contributed by atoms with Crippen LogP contribution in [0.25, 0.3) is 5.69 Å². The third-order valence-electron chi connectivity index (χ3n) is 3.46. The standard InChI is InChI=1S/C18H17N3O2/c1-23-17-9-7-15(8-10-17)18(22)19-11-14-12-20-21(13-14)16-5-3-2-4-6-16/h2-10,12-13H,11H2,1H3,(H,19,22). The number of methoxy groups -OCH3 is 1. The lowest BCUT2D eigenvalue weighted by Crippen LogP contribution is -2.22. The molecule has 1 N–H and O–H groups in total. The minimum absolute atomic E-state index is 0.125. The number of para-hydroxylation sites is 1. The highest BCUT2D eigenvalue weighted by Gasteiger charge is 2.07. The average molecular weight is 307 g/mol. The maximum absolute atomic E-state index is 12.1. The smallest absolute Gasteiger partial charge is 0.251 e. The van der Waals surface area contributed by atoms with Crippen LogP contribution in [0.3, 0.4) is 0 Å². The van der Waals surface area contributed by atoms with E-state index >= 15 is 0 Å². The minimum atomic E-state index is -0.125. The highest BCUT2D eigenvalue weighted by atomic mass is 16.5. The Morgan fingerprint density at radius 3 is 2.57 bits per heavy atom. The van der Waals surface area contributed by atoms with Crippen LogP contribution >= 0.6 is 0 Å². The molecule has 0 saturated carbocycles. The first-order valence-electron chi connectivity index (χ1n) is 7.27. The van der Waals surface area contributed by atoms with Crippen LogP contribution in [0.2, 0.25) is 0 Å². The van der Waals surface area contributed by atoms with Crippen molar-refractivity contribution in [3.8, 4) is 11.4 Å². The molecule has 1 amide bonds. The number of hydrogen-bond acceptors (Lipinski definition) is 3. The van der Waals surface area contributed by atoms with Crippen LogP contribution in [0.4, 0.5) is 0 Å². The van der Waals surface area contributed by atoms with Crippen molar-refractivity contribution >= 4 is 5.91 Å². The Morgan fingerprint density at radius 1 is 1.13 bits per heavy atom. The fourth-order valence-corrected chi connectivity index (χ4v) is 2.20. The second kappa shape index (κ2) is 6.79. The molecule has 0 fully saturated rings. The van der Waals surface area contributed by atoms with E-state index in [1.54, 1.807) is 42.3 Å². The molecule has 0 aliphatic rings. The minimum Gasteiger partial charge on any atom is -0.497 e. The number of carbonyl (C=O) groups excluding carboxylic acids is 1. The lowest BCUT2D eigenvalue weighted by molar-refractivity contribution is 0.0951. The molecule has 5 heteroatoms. The fraction of sp³-hybridized carbons (Fsp3) is 0.111. The van der Waals surface area contributed by atoms with Crippen molar-refractivity contribution in [2.24, 2.45) is 0 Å². The Hall–Kier alpha value is -3.08. The van der Waals surface area contributed by atoms with Crippen molar-refractivity contribution in [2.45, 2.75) is 6.54 Å². The van der Waals surface area contributed by atoms with Gasteiger partial charge in [0.25, 0.3) is 5.91 Å². The Kier molecular flexibility index (Phi) is 4.38. The van der Waals surface area contributed by atoms with Crippen LogP contribution < -0.4 is 10.1 Å². The first-order chi connectivity index (χ1) is 11.3. The van der Waals surface area contributed by atoms with Gasteiger partial charge in [-0.05, 0) is 36.4 Å². The normalized spacial score (nSPS) is 10.3. The van der Waals surface area contributed by atoms with E-state index in [4.69, 9.17) is 4.74 Å². The van der Waals surface area contributed by atoms with E-state index < -0.39 is 0 Å². The third kappa shape index (κ3) is 3.58. The van der Waals surface area contributed by atoms with E-state index in [0.29, 0.717) is 12.1 Å². The number of benzene rings is 2. The summed E-state index contributed by atoms with van der Waals surface area (Å²) in [7, 11) is 1.60. The molecule has 0 saturated heterocycles. The van der Waals surface area contributed by atoms with Gasteiger partial charge in [0.1, 0.15) is 5.75 Å². The highest BCUT2D eigenvalue weighted by Crippen LogP contribution is 2.11. The van der Waals surface area contributed by atoms with Gasteiger partial charge in [0, 0.05) is 23.9 Å². The summed E-state index contributed by atoms with van der Waals surface area (Å²) in [6.07, 6.45) is 3.66. The van der Waals surface area contributed by atoms with Crippen molar-refractivity contribution in [3.05, 3.63) is 78.1 Å². The number of rotatable bonds is 5. The topological polar surface area (TPSA) is 56.1 Å². The Bertz CT molecular complexity index is 780. The quantitative estimate of drug-likeness (QED) is 0.788. The van der Waals surface area contributed by atoms with Gasteiger partial charge in [0.15, 0.2) is 0 Å². The van der Waals surface area contributed by atoms with Gasteiger partial charge in [0.05, 0.1) is 19.0 Å². The molecule has 0 unspecified atom stereocenters. The van der Waals surface area contributed by atoms with Crippen LogP contribution in [-0.4, -0.2) is 22.8 Å². The molecule has 0 bridgehead atoms. The molecule has 2 aromatic carbocycles.